The van der Waals surface area contributed by atoms with Crippen molar-refractivity contribution in [3.8, 4) is 0 Å². The number of aromatic nitrogens is 3. The maximum absolute atomic E-state index is 11.9. The number of nitrogens with one attached hydrogen (secondary N) is 1. The SMILES string of the molecule is Cc1nc(C)c(C(C)NCc2cc(=O)n(C)c(=O)n2C)s1. The van der Waals surface area contributed by atoms with E-state index in [1.54, 1.807) is 18.4 Å². The number of thiazole rings is 1. The quantitative estimate of drug-likeness (QED) is 0.915. The second kappa shape index (κ2) is 5.95. The van der Waals surface area contributed by atoms with Crippen molar-refractivity contribution in [1.82, 2.24) is 19.4 Å². The van der Waals surface area contributed by atoms with Gasteiger partial charge in [-0.1, -0.05) is 0 Å². The van der Waals surface area contributed by atoms with Crippen LogP contribution in [0, 0.1) is 13.8 Å². The van der Waals surface area contributed by atoms with E-state index < -0.39 is 0 Å². The van der Waals surface area contributed by atoms with Gasteiger partial charge in [0.1, 0.15) is 0 Å². The van der Waals surface area contributed by atoms with Gasteiger partial charge >= 0.3 is 5.69 Å². The average Bonchev–Trinajstić information content (AvgIpc) is 2.77. The van der Waals surface area contributed by atoms with Gasteiger partial charge in [0.25, 0.3) is 5.56 Å². The fraction of sp³-hybridized carbons (Fsp3) is 0.500. The number of rotatable bonds is 4. The third-order valence-corrected chi connectivity index (χ3v) is 4.80. The Hall–Kier alpha value is -1.73. The predicted octanol–water partition coefficient (Wildman–Crippen LogP) is 1.01. The summed E-state index contributed by atoms with van der Waals surface area (Å²) < 4.78 is 2.59. The van der Waals surface area contributed by atoms with E-state index in [9.17, 15) is 9.59 Å². The summed E-state index contributed by atoms with van der Waals surface area (Å²) in [4.78, 5) is 29.2. The minimum atomic E-state index is -0.309. The Morgan fingerprint density at radius 1 is 1.29 bits per heavy atom. The van der Waals surface area contributed by atoms with Gasteiger partial charge in [0.15, 0.2) is 0 Å². The van der Waals surface area contributed by atoms with Gasteiger partial charge < -0.3 is 5.32 Å². The molecule has 1 atom stereocenters. The van der Waals surface area contributed by atoms with Crippen molar-refractivity contribution >= 4 is 11.3 Å². The highest BCUT2D eigenvalue weighted by Gasteiger charge is 2.13. The molecule has 0 saturated carbocycles. The summed E-state index contributed by atoms with van der Waals surface area (Å²) in [5.41, 5.74) is 1.10. The molecule has 2 rings (SSSR count). The van der Waals surface area contributed by atoms with E-state index in [1.807, 2.05) is 13.8 Å². The number of hydrogen-bond donors (Lipinski definition) is 1. The summed E-state index contributed by atoms with van der Waals surface area (Å²) in [6.45, 7) is 6.49. The van der Waals surface area contributed by atoms with Crippen LogP contribution in [0.2, 0.25) is 0 Å². The summed E-state index contributed by atoms with van der Waals surface area (Å²) in [7, 11) is 3.15. The molecule has 0 fully saturated rings. The van der Waals surface area contributed by atoms with E-state index in [0.717, 1.165) is 15.3 Å². The molecule has 6 nitrogen and oxygen atoms in total. The van der Waals surface area contributed by atoms with Crippen LogP contribution in [-0.2, 0) is 20.6 Å². The molecule has 1 unspecified atom stereocenters. The lowest BCUT2D eigenvalue weighted by molar-refractivity contribution is 0.543. The molecule has 2 aromatic heterocycles. The van der Waals surface area contributed by atoms with Crippen LogP contribution < -0.4 is 16.6 Å². The van der Waals surface area contributed by atoms with Gasteiger partial charge in [0.05, 0.1) is 10.7 Å². The van der Waals surface area contributed by atoms with Crippen LogP contribution in [0.15, 0.2) is 15.7 Å². The van der Waals surface area contributed by atoms with Crippen molar-refractivity contribution in [3.05, 3.63) is 48.2 Å². The van der Waals surface area contributed by atoms with Crippen molar-refractivity contribution < 1.29 is 0 Å². The molecule has 21 heavy (non-hydrogen) atoms. The summed E-state index contributed by atoms with van der Waals surface area (Å²) in [6.07, 6.45) is 0. The zero-order valence-electron chi connectivity index (χ0n) is 12.9. The van der Waals surface area contributed by atoms with Gasteiger partial charge in [-0.2, -0.15) is 0 Å². The van der Waals surface area contributed by atoms with Gasteiger partial charge in [-0.25, -0.2) is 9.78 Å². The first-order chi connectivity index (χ1) is 9.81. The molecular formula is C14H20N4O2S. The molecule has 0 aromatic carbocycles. The molecule has 2 aromatic rings. The molecule has 0 saturated heterocycles. The Labute approximate surface area is 127 Å². The van der Waals surface area contributed by atoms with Crippen LogP contribution in [0.25, 0.3) is 0 Å². The highest BCUT2D eigenvalue weighted by Crippen LogP contribution is 2.24. The van der Waals surface area contributed by atoms with Crippen LogP contribution in [0.3, 0.4) is 0 Å². The average molecular weight is 308 g/mol. The predicted molar refractivity (Wildman–Crippen MR) is 83.8 cm³/mol. The van der Waals surface area contributed by atoms with Crippen LogP contribution >= 0.6 is 11.3 Å². The second-order valence-corrected chi connectivity index (χ2v) is 6.39. The molecule has 2 heterocycles. The van der Waals surface area contributed by atoms with Gasteiger partial charge in [-0.3, -0.25) is 13.9 Å². The maximum Gasteiger partial charge on any atom is 0.330 e. The molecule has 0 amide bonds. The second-order valence-electron chi connectivity index (χ2n) is 5.16. The Morgan fingerprint density at radius 2 is 1.95 bits per heavy atom. The molecule has 114 valence electrons. The standard InChI is InChI=1S/C14H20N4O2S/c1-8(13-9(2)16-10(3)21-13)15-7-11-6-12(19)18(5)14(20)17(11)4/h6,8,15H,7H2,1-5H3. The lowest BCUT2D eigenvalue weighted by Gasteiger charge is -2.15. The topological polar surface area (TPSA) is 68.9 Å². The molecule has 0 aliphatic rings. The Bertz CT molecular complexity index is 772. The van der Waals surface area contributed by atoms with Crippen molar-refractivity contribution in [3.63, 3.8) is 0 Å². The van der Waals surface area contributed by atoms with E-state index in [2.05, 4.69) is 17.2 Å². The molecule has 1 N–H and O–H groups in total. The van der Waals surface area contributed by atoms with E-state index in [4.69, 9.17) is 0 Å². The minimum Gasteiger partial charge on any atom is -0.304 e. The maximum atomic E-state index is 11.9. The van der Waals surface area contributed by atoms with Crippen LogP contribution in [0.1, 0.15) is 34.2 Å². The minimum absolute atomic E-state index is 0.121. The fourth-order valence-corrected chi connectivity index (χ4v) is 3.20. The lowest BCUT2D eigenvalue weighted by Crippen LogP contribution is -2.39. The first-order valence-electron chi connectivity index (χ1n) is 6.74. The first-order valence-corrected chi connectivity index (χ1v) is 7.56. The zero-order chi connectivity index (χ0) is 15.7. The lowest BCUT2D eigenvalue weighted by atomic mass is 10.2. The molecule has 0 radical (unpaired) electrons. The molecule has 0 spiro atoms. The van der Waals surface area contributed by atoms with Gasteiger partial charge in [0.2, 0.25) is 0 Å². The van der Waals surface area contributed by atoms with E-state index in [0.29, 0.717) is 12.2 Å². The van der Waals surface area contributed by atoms with Crippen LogP contribution in [0.4, 0.5) is 0 Å². The third kappa shape index (κ3) is 3.14. The Kier molecular flexibility index (Phi) is 4.43. The first kappa shape index (κ1) is 15.7. The van der Waals surface area contributed by atoms with E-state index >= 15 is 0 Å². The number of nitrogens with zero attached hydrogens (tertiary/aromatic N) is 3. The van der Waals surface area contributed by atoms with Gasteiger partial charge in [0, 0.05) is 43.3 Å². The third-order valence-electron chi connectivity index (χ3n) is 3.55. The van der Waals surface area contributed by atoms with E-state index in [-0.39, 0.29) is 17.3 Å². The fourth-order valence-electron chi connectivity index (χ4n) is 2.25. The summed E-state index contributed by atoms with van der Waals surface area (Å²) in [6, 6.07) is 1.61. The van der Waals surface area contributed by atoms with Crippen molar-refractivity contribution in [2.24, 2.45) is 14.1 Å². The molecular weight excluding hydrogens is 288 g/mol. The summed E-state index contributed by atoms with van der Waals surface area (Å²) >= 11 is 1.66. The van der Waals surface area contributed by atoms with Crippen molar-refractivity contribution in [1.29, 1.82) is 0 Å². The zero-order valence-corrected chi connectivity index (χ0v) is 13.7. The largest absolute Gasteiger partial charge is 0.330 e. The molecule has 7 heteroatoms. The molecule has 0 aliphatic heterocycles. The highest BCUT2D eigenvalue weighted by atomic mass is 32.1. The normalized spacial score (nSPS) is 12.6. The molecule has 0 bridgehead atoms. The Balaban J connectivity index is 2.19. The summed E-state index contributed by atoms with van der Waals surface area (Å²) in [5.74, 6) is 0. The van der Waals surface area contributed by atoms with Gasteiger partial charge in [-0.05, 0) is 20.8 Å². The number of hydrogen-bond acceptors (Lipinski definition) is 5. The van der Waals surface area contributed by atoms with Crippen molar-refractivity contribution in [2.45, 2.75) is 33.4 Å². The highest BCUT2D eigenvalue weighted by molar-refractivity contribution is 7.11. The van der Waals surface area contributed by atoms with Crippen LogP contribution in [0.5, 0.6) is 0 Å². The monoisotopic (exact) mass is 308 g/mol. The Morgan fingerprint density at radius 3 is 2.52 bits per heavy atom. The summed E-state index contributed by atoms with van der Waals surface area (Å²) in [5, 5.41) is 4.39. The van der Waals surface area contributed by atoms with Crippen LogP contribution in [-0.4, -0.2) is 14.1 Å². The molecule has 0 aliphatic carbocycles. The van der Waals surface area contributed by atoms with Crippen molar-refractivity contribution in [2.75, 3.05) is 0 Å². The number of aryl methyl sites for hydroxylation is 2. The van der Waals surface area contributed by atoms with Gasteiger partial charge in [-0.15, -0.1) is 11.3 Å². The smallest absolute Gasteiger partial charge is 0.304 e. The van der Waals surface area contributed by atoms with E-state index in [1.165, 1.54) is 22.6 Å².